The predicted octanol–water partition coefficient (Wildman–Crippen LogP) is 3.53. The molecule has 27 heavy (non-hydrogen) atoms. The lowest BCUT2D eigenvalue weighted by atomic mass is 9.95. The first-order valence-corrected chi connectivity index (χ1v) is 9.34. The maximum atomic E-state index is 12.6. The smallest absolute Gasteiger partial charge is 0.262 e. The second-order valence-electron chi connectivity index (χ2n) is 6.78. The quantitative estimate of drug-likeness (QED) is 0.848. The average Bonchev–Trinajstić information content (AvgIpc) is 2.68. The first-order valence-electron chi connectivity index (χ1n) is 8.96. The Morgan fingerprint density at radius 3 is 2.78 bits per heavy atom. The van der Waals surface area contributed by atoms with Gasteiger partial charge in [-0.05, 0) is 49.2 Å². The summed E-state index contributed by atoms with van der Waals surface area (Å²) in [4.78, 5) is 26.3. The van der Waals surface area contributed by atoms with Crippen LogP contribution in [0.4, 0.5) is 17.1 Å². The number of carbonyl (C=O) groups excluding carboxylic acids is 2. The lowest BCUT2D eigenvalue weighted by molar-refractivity contribution is -0.120. The molecule has 0 bridgehead atoms. The third kappa shape index (κ3) is 4.01. The van der Waals surface area contributed by atoms with Crippen LogP contribution >= 0.6 is 11.6 Å². The third-order valence-corrected chi connectivity index (χ3v) is 5.15. The first kappa shape index (κ1) is 17.7. The highest BCUT2D eigenvalue weighted by atomic mass is 35.5. The Bertz CT molecular complexity index is 879. The molecule has 0 radical (unpaired) electrons. The van der Waals surface area contributed by atoms with Crippen LogP contribution in [0.2, 0.25) is 5.02 Å². The number of piperidine rings is 1. The average molecular weight is 386 g/mol. The summed E-state index contributed by atoms with van der Waals surface area (Å²) in [5.41, 5.74) is 2.33. The van der Waals surface area contributed by atoms with E-state index in [4.69, 9.17) is 16.3 Å². The molecule has 0 spiro atoms. The lowest BCUT2D eigenvalue weighted by Crippen LogP contribution is -2.38. The molecular weight excluding hydrogens is 366 g/mol. The topological polar surface area (TPSA) is 70.7 Å². The number of amides is 2. The van der Waals surface area contributed by atoms with Gasteiger partial charge in [0.05, 0.1) is 5.69 Å². The summed E-state index contributed by atoms with van der Waals surface area (Å²) < 4.78 is 5.33. The van der Waals surface area contributed by atoms with Crippen LogP contribution in [0.3, 0.4) is 0 Å². The number of rotatable bonds is 3. The van der Waals surface area contributed by atoms with Crippen LogP contribution in [0.25, 0.3) is 0 Å². The molecule has 1 fully saturated rings. The van der Waals surface area contributed by atoms with Crippen molar-refractivity contribution in [3.05, 3.63) is 47.5 Å². The summed E-state index contributed by atoms with van der Waals surface area (Å²) >= 11 is 6.07. The van der Waals surface area contributed by atoms with Crippen molar-refractivity contribution in [3.63, 3.8) is 0 Å². The normalized spacial score (nSPS) is 16.9. The Labute approximate surface area is 162 Å². The van der Waals surface area contributed by atoms with Crippen LogP contribution in [0.15, 0.2) is 42.5 Å². The lowest BCUT2D eigenvalue weighted by Gasteiger charge is -2.33. The molecule has 0 unspecified atom stereocenters. The van der Waals surface area contributed by atoms with Crippen molar-refractivity contribution in [3.8, 4) is 5.75 Å². The molecule has 0 saturated carbocycles. The van der Waals surface area contributed by atoms with Crippen molar-refractivity contribution in [1.29, 1.82) is 0 Å². The fourth-order valence-corrected chi connectivity index (χ4v) is 3.66. The molecule has 0 atom stereocenters. The highest BCUT2D eigenvalue weighted by Crippen LogP contribution is 2.31. The van der Waals surface area contributed by atoms with Crippen LogP contribution in [-0.4, -0.2) is 31.5 Å². The number of benzene rings is 2. The van der Waals surface area contributed by atoms with Gasteiger partial charge in [-0.3, -0.25) is 9.59 Å². The molecule has 2 aromatic carbocycles. The van der Waals surface area contributed by atoms with Crippen LogP contribution in [0.5, 0.6) is 5.75 Å². The van der Waals surface area contributed by atoms with Gasteiger partial charge in [0.15, 0.2) is 6.61 Å². The Balaban J connectivity index is 1.36. The number of anilines is 3. The minimum Gasteiger partial charge on any atom is -0.482 e. The number of nitrogens with one attached hydrogen (secondary N) is 2. The molecule has 2 heterocycles. The van der Waals surface area contributed by atoms with Crippen LogP contribution in [-0.2, 0) is 9.59 Å². The maximum absolute atomic E-state index is 12.6. The molecule has 4 rings (SSSR count). The Hall–Kier alpha value is -2.73. The molecule has 2 amide bonds. The Morgan fingerprint density at radius 2 is 2.00 bits per heavy atom. The van der Waals surface area contributed by atoms with E-state index in [2.05, 4.69) is 15.5 Å². The predicted molar refractivity (Wildman–Crippen MR) is 106 cm³/mol. The van der Waals surface area contributed by atoms with E-state index >= 15 is 0 Å². The second-order valence-corrected chi connectivity index (χ2v) is 7.21. The molecule has 2 aliphatic heterocycles. The van der Waals surface area contributed by atoms with Gasteiger partial charge >= 0.3 is 0 Å². The summed E-state index contributed by atoms with van der Waals surface area (Å²) in [6.07, 6.45) is 1.56. The van der Waals surface area contributed by atoms with E-state index in [-0.39, 0.29) is 24.3 Å². The Kier molecular flexibility index (Phi) is 4.90. The van der Waals surface area contributed by atoms with Gasteiger partial charge in [0.25, 0.3) is 5.91 Å². The van der Waals surface area contributed by atoms with Crippen LogP contribution < -0.4 is 20.3 Å². The van der Waals surface area contributed by atoms with Gasteiger partial charge in [-0.2, -0.15) is 0 Å². The molecule has 2 N–H and O–H groups in total. The fourth-order valence-electron chi connectivity index (χ4n) is 3.48. The van der Waals surface area contributed by atoms with Gasteiger partial charge in [0.1, 0.15) is 5.75 Å². The fraction of sp³-hybridized carbons (Fsp3) is 0.300. The van der Waals surface area contributed by atoms with Crippen molar-refractivity contribution in [1.82, 2.24) is 0 Å². The van der Waals surface area contributed by atoms with Gasteiger partial charge in [0, 0.05) is 35.4 Å². The number of halogens is 1. The zero-order valence-corrected chi connectivity index (χ0v) is 15.5. The number of nitrogens with zero attached hydrogens (tertiary/aromatic N) is 1. The van der Waals surface area contributed by atoms with Gasteiger partial charge in [-0.25, -0.2) is 0 Å². The minimum absolute atomic E-state index is 0.00347. The molecule has 2 aromatic rings. The van der Waals surface area contributed by atoms with E-state index in [1.54, 1.807) is 18.2 Å². The van der Waals surface area contributed by atoms with E-state index in [0.29, 0.717) is 17.1 Å². The van der Waals surface area contributed by atoms with Gasteiger partial charge < -0.3 is 20.3 Å². The van der Waals surface area contributed by atoms with Crippen LogP contribution in [0, 0.1) is 5.92 Å². The van der Waals surface area contributed by atoms with Crippen molar-refractivity contribution >= 4 is 40.5 Å². The molecule has 1 saturated heterocycles. The van der Waals surface area contributed by atoms with E-state index in [1.807, 2.05) is 24.3 Å². The van der Waals surface area contributed by atoms with Gasteiger partial charge in [-0.15, -0.1) is 0 Å². The number of hydrogen-bond acceptors (Lipinski definition) is 4. The van der Waals surface area contributed by atoms with Crippen molar-refractivity contribution in [2.45, 2.75) is 12.8 Å². The van der Waals surface area contributed by atoms with Gasteiger partial charge in [-0.1, -0.05) is 17.7 Å². The molecular formula is C20H20ClN3O3. The van der Waals surface area contributed by atoms with Crippen LogP contribution in [0.1, 0.15) is 12.8 Å². The van der Waals surface area contributed by atoms with E-state index in [0.717, 1.165) is 36.6 Å². The first-order chi connectivity index (χ1) is 13.1. The standard InChI is InChI=1S/C20H20ClN3O3/c21-14-2-1-3-16(10-14)24-8-6-13(7-9-24)20(26)22-15-4-5-18-17(11-15)23-19(25)12-27-18/h1-5,10-11,13H,6-9,12H2,(H,22,26)(H,23,25). The molecule has 140 valence electrons. The zero-order chi connectivity index (χ0) is 18.8. The number of fused-ring (bicyclic) bond motifs is 1. The summed E-state index contributed by atoms with van der Waals surface area (Å²) in [5, 5.41) is 6.42. The van der Waals surface area contributed by atoms with E-state index in [1.165, 1.54) is 0 Å². The maximum Gasteiger partial charge on any atom is 0.262 e. The molecule has 6 nitrogen and oxygen atoms in total. The SMILES string of the molecule is O=C1COc2ccc(NC(=O)C3CCN(c4cccc(Cl)c4)CC3)cc2N1. The third-order valence-electron chi connectivity index (χ3n) is 4.92. The summed E-state index contributed by atoms with van der Waals surface area (Å²) in [5.74, 6) is 0.382. The van der Waals surface area contributed by atoms with Gasteiger partial charge in [0.2, 0.25) is 5.91 Å². The summed E-state index contributed by atoms with van der Waals surface area (Å²) in [7, 11) is 0. The molecule has 0 aliphatic carbocycles. The number of hydrogen-bond donors (Lipinski definition) is 2. The zero-order valence-electron chi connectivity index (χ0n) is 14.7. The van der Waals surface area contributed by atoms with Crippen molar-refractivity contribution in [2.75, 3.05) is 35.2 Å². The summed E-state index contributed by atoms with van der Waals surface area (Å²) in [6.45, 7) is 1.64. The van der Waals surface area contributed by atoms with Crippen molar-refractivity contribution < 1.29 is 14.3 Å². The highest BCUT2D eigenvalue weighted by molar-refractivity contribution is 6.30. The number of ether oxygens (including phenoxy) is 1. The van der Waals surface area contributed by atoms with E-state index < -0.39 is 0 Å². The van der Waals surface area contributed by atoms with Crippen molar-refractivity contribution in [2.24, 2.45) is 5.92 Å². The minimum atomic E-state index is -0.195. The highest BCUT2D eigenvalue weighted by Gasteiger charge is 2.26. The van der Waals surface area contributed by atoms with E-state index in [9.17, 15) is 9.59 Å². The largest absolute Gasteiger partial charge is 0.482 e. The molecule has 7 heteroatoms. The molecule has 2 aliphatic rings. The number of carbonyl (C=O) groups is 2. The summed E-state index contributed by atoms with van der Waals surface area (Å²) in [6, 6.07) is 13.1. The second kappa shape index (κ2) is 7.48. The monoisotopic (exact) mass is 385 g/mol. The molecule has 0 aromatic heterocycles. The Morgan fingerprint density at radius 1 is 1.19 bits per heavy atom.